The molecule has 0 bridgehead atoms. The Labute approximate surface area is 139 Å². The van der Waals surface area contributed by atoms with E-state index in [2.05, 4.69) is 25.3 Å². The van der Waals surface area contributed by atoms with E-state index in [1.54, 1.807) is 13.8 Å². The van der Waals surface area contributed by atoms with E-state index >= 15 is 0 Å². The molecule has 24 heavy (non-hydrogen) atoms. The molecule has 0 saturated heterocycles. The van der Waals surface area contributed by atoms with Gasteiger partial charge in [-0.25, -0.2) is 15.0 Å². The number of H-pyrrole nitrogens is 1. The maximum Gasteiger partial charge on any atom is 0.255 e. The summed E-state index contributed by atoms with van der Waals surface area (Å²) >= 11 is 0. The van der Waals surface area contributed by atoms with Gasteiger partial charge in [0.15, 0.2) is 0 Å². The predicted octanol–water partition coefficient (Wildman–Crippen LogP) is 2.78. The lowest BCUT2D eigenvalue weighted by molar-refractivity contribution is 0.340. The van der Waals surface area contributed by atoms with Crippen molar-refractivity contribution in [2.24, 2.45) is 0 Å². The van der Waals surface area contributed by atoms with Crippen LogP contribution in [0.2, 0.25) is 0 Å². The summed E-state index contributed by atoms with van der Waals surface area (Å²) in [6.45, 7) is 7.98. The van der Waals surface area contributed by atoms with Crippen LogP contribution in [-0.2, 0) is 0 Å². The summed E-state index contributed by atoms with van der Waals surface area (Å²) in [7, 11) is 0. The molecule has 0 spiro atoms. The average Bonchev–Trinajstić information content (AvgIpc) is 2.53. The third-order valence-electron chi connectivity index (χ3n) is 3.79. The fraction of sp³-hybridized carbons (Fsp3) is 0.294. The van der Waals surface area contributed by atoms with Crippen LogP contribution in [0, 0.1) is 20.8 Å². The van der Waals surface area contributed by atoms with Crippen molar-refractivity contribution in [1.82, 2.24) is 19.9 Å². The Balaban J connectivity index is 1.99. The molecule has 3 rings (SSSR count). The normalized spacial score (nSPS) is 10.8. The van der Waals surface area contributed by atoms with E-state index in [9.17, 15) is 4.79 Å². The Morgan fingerprint density at radius 3 is 2.62 bits per heavy atom. The van der Waals surface area contributed by atoms with E-state index in [0.29, 0.717) is 29.8 Å². The van der Waals surface area contributed by atoms with Crippen LogP contribution in [0.1, 0.15) is 23.9 Å². The zero-order valence-corrected chi connectivity index (χ0v) is 14.1. The lowest BCUT2D eigenvalue weighted by atomic mass is 10.2. The molecule has 2 heterocycles. The summed E-state index contributed by atoms with van der Waals surface area (Å²) in [5.41, 5.74) is 2.69. The number of nitrogens with zero attached hydrogens (tertiary/aromatic N) is 3. The second-order valence-corrected chi connectivity index (χ2v) is 5.49. The summed E-state index contributed by atoms with van der Waals surface area (Å²) in [5.74, 6) is 1.50. The first-order valence-electron chi connectivity index (χ1n) is 7.73. The molecule has 0 unspecified atom stereocenters. The summed E-state index contributed by atoms with van der Waals surface area (Å²) < 4.78 is 5.51. The monoisotopic (exact) mass is 325 g/mol. The minimum Gasteiger partial charge on any atom is -0.494 e. The van der Waals surface area contributed by atoms with E-state index in [4.69, 9.17) is 4.74 Å². The van der Waals surface area contributed by atoms with E-state index in [1.807, 2.05) is 32.0 Å². The van der Waals surface area contributed by atoms with Crippen LogP contribution in [0.4, 0.5) is 11.9 Å². The van der Waals surface area contributed by atoms with Gasteiger partial charge < -0.3 is 4.74 Å². The van der Waals surface area contributed by atoms with Gasteiger partial charge in [0.1, 0.15) is 5.75 Å². The molecule has 0 aliphatic rings. The Kier molecular flexibility index (Phi) is 4.16. The van der Waals surface area contributed by atoms with Crippen LogP contribution in [-0.4, -0.2) is 26.5 Å². The smallest absolute Gasteiger partial charge is 0.255 e. The molecule has 3 aromatic rings. The molecule has 2 N–H and O–H groups in total. The van der Waals surface area contributed by atoms with Gasteiger partial charge in [0.05, 0.1) is 17.8 Å². The molecule has 124 valence electrons. The van der Waals surface area contributed by atoms with Gasteiger partial charge in [-0.3, -0.25) is 15.1 Å². The summed E-state index contributed by atoms with van der Waals surface area (Å²) in [6, 6.07) is 5.68. The molecule has 2 aromatic heterocycles. The number of hydrogen-bond donors (Lipinski definition) is 2. The van der Waals surface area contributed by atoms with Gasteiger partial charge in [-0.05, 0) is 45.9 Å². The number of ether oxygens (including phenoxy) is 1. The van der Waals surface area contributed by atoms with Gasteiger partial charge in [-0.1, -0.05) is 0 Å². The van der Waals surface area contributed by atoms with Crippen molar-refractivity contribution in [1.29, 1.82) is 0 Å². The zero-order valence-electron chi connectivity index (χ0n) is 14.1. The van der Waals surface area contributed by atoms with E-state index in [-0.39, 0.29) is 5.56 Å². The topological polar surface area (TPSA) is 92.8 Å². The van der Waals surface area contributed by atoms with Gasteiger partial charge >= 0.3 is 0 Å². The molecular weight excluding hydrogens is 306 g/mol. The largest absolute Gasteiger partial charge is 0.494 e. The summed E-state index contributed by atoms with van der Waals surface area (Å²) in [5, 5.41) is 3.89. The highest BCUT2D eigenvalue weighted by atomic mass is 16.5. The van der Waals surface area contributed by atoms with Crippen LogP contribution < -0.4 is 15.6 Å². The third kappa shape index (κ3) is 3.05. The Morgan fingerprint density at radius 1 is 1.12 bits per heavy atom. The molecule has 0 radical (unpaired) electrons. The van der Waals surface area contributed by atoms with Crippen LogP contribution in [0.25, 0.3) is 10.9 Å². The standard InChI is InChI=1S/C17H19N5O2/c1-5-24-12-6-7-14-13(8-12)11(4)19-16(20-14)22-17-18-10(3)9(2)15(23)21-17/h6-8H,5H2,1-4H3,(H2,18,19,20,21,22,23). The number of aryl methyl sites for hydroxylation is 2. The molecule has 7 heteroatoms. The maximum atomic E-state index is 11.8. The highest BCUT2D eigenvalue weighted by Crippen LogP contribution is 2.23. The number of aromatic nitrogens is 4. The number of anilines is 2. The molecule has 1 aromatic carbocycles. The first-order chi connectivity index (χ1) is 11.5. The van der Waals surface area contributed by atoms with E-state index in [0.717, 1.165) is 22.3 Å². The second kappa shape index (κ2) is 6.27. The fourth-order valence-electron chi connectivity index (χ4n) is 2.38. The van der Waals surface area contributed by atoms with E-state index < -0.39 is 0 Å². The van der Waals surface area contributed by atoms with Crippen LogP contribution in [0.3, 0.4) is 0 Å². The Hall–Kier alpha value is -2.96. The first kappa shape index (κ1) is 15.9. The Bertz CT molecular complexity index is 965. The van der Waals surface area contributed by atoms with Crippen molar-refractivity contribution in [2.45, 2.75) is 27.7 Å². The maximum absolute atomic E-state index is 11.8. The van der Waals surface area contributed by atoms with Crippen LogP contribution in [0.5, 0.6) is 5.75 Å². The number of aromatic amines is 1. The quantitative estimate of drug-likeness (QED) is 0.766. The lowest BCUT2D eigenvalue weighted by Crippen LogP contribution is -2.16. The number of nitrogens with one attached hydrogen (secondary N) is 2. The fourth-order valence-corrected chi connectivity index (χ4v) is 2.38. The van der Waals surface area contributed by atoms with E-state index in [1.165, 1.54) is 0 Å². The van der Waals surface area contributed by atoms with Gasteiger partial charge in [-0.15, -0.1) is 0 Å². The van der Waals surface area contributed by atoms with Crippen LogP contribution in [0.15, 0.2) is 23.0 Å². The molecule has 7 nitrogen and oxygen atoms in total. The highest BCUT2D eigenvalue weighted by Gasteiger charge is 2.09. The third-order valence-corrected chi connectivity index (χ3v) is 3.79. The molecule has 0 saturated carbocycles. The summed E-state index contributed by atoms with van der Waals surface area (Å²) in [6.07, 6.45) is 0. The van der Waals surface area contributed by atoms with Crippen molar-refractivity contribution in [3.63, 3.8) is 0 Å². The minimum absolute atomic E-state index is 0.177. The molecule has 0 aliphatic heterocycles. The highest BCUT2D eigenvalue weighted by molar-refractivity contribution is 5.83. The van der Waals surface area contributed by atoms with Crippen molar-refractivity contribution in [2.75, 3.05) is 11.9 Å². The number of hydrogen-bond acceptors (Lipinski definition) is 6. The van der Waals surface area contributed by atoms with Gasteiger partial charge in [-0.2, -0.15) is 0 Å². The predicted molar refractivity (Wildman–Crippen MR) is 93.1 cm³/mol. The van der Waals surface area contributed by atoms with Crippen molar-refractivity contribution in [3.8, 4) is 5.75 Å². The van der Waals surface area contributed by atoms with Crippen molar-refractivity contribution in [3.05, 3.63) is 45.5 Å². The minimum atomic E-state index is -0.177. The second-order valence-electron chi connectivity index (χ2n) is 5.49. The average molecular weight is 325 g/mol. The number of rotatable bonds is 4. The lowest BCUT2D eigenvalue weighted by Gasteiger charge is -2.10. The summed E-state index contributed by atoms with van der Waals surface area (Å²) in [4.78, 5) is 27.7. The van der Waals surface area contributed by atoms with Crippen molar-refractivity contribution < 1.29 is 4.74 Å². The molecule has 0 aliphatic carbocycles. The van der Waals surface area contributed by atoms with Crippen molar-refractivity contribution >= 4 is 22.8 Å². The molecule has 0 atom stereocenters. The molecule has 0 fully saturated rings. The van der Waals surface area contributed by atoms with Gasteiger partial charge in [0.2, 0.25) is 11.9 Å². The SMILES string of the molecule is CCOc1ccc2nc(Nc3nc(C)c(C)c(=O)[nH]3)nc(C)c2c1. The van der Waals surface area contributed by atoms with Gasteiger partial charge in [0, 0.05) is 16.6 Å². The number of fused-ring (bicyclic) bond motifs is 1. The van der Waals surface area contributed by atoms with Crippen LogP contribution >= 0.6 is 0 Å². The van der Waals surface area contributed by atoms with Gasteiger partial charge in [0.25, 0.3) is 5.56 Å². The number of benzene rings is 1. The Morgan fingerprint density at radius 2 is 1.92 bits per heavy atom. The molecule has 0 amide bonds. The zero-order chi connectivity index (χ0) is 17.3. The first-order valence-corrected chi connectivity index (χ1v) is 7.73. The molecular formula is C17H19N5O2.